The fourth-order valence-electron chi connectivity index (χ4n) is 1.42. The van der Waals surface area contributed by atoms with E-state index in [0.717, 1.165) is 0 Å². The molecule has 1 atom stereocenters. The number of hydrogen-bond acceptors (Lipinski definition) is 5. The molecule has 0 aliphatic rings. The summed E-state index contributed by atoms with van der Waals surface area (Å²) in [7, 11) is -1.64. The molecule has 0 rings (SSSR count). The highest BCUT2D eigenvalue weighted by molar-refractivity contribution is 6.80. The molecule has 0 saturated carbocycles. The third kappa shape index (κ3) is 4.28. The van der Waals surface area contributed by atoms with Gasteiger partial charge in [0.1, 0.15) is 5.67 Å². The smallest absolute Gasteiger partial charge is 0.415 e. The number of nitrogens with zero attached hydrogens (tertiary/aromatic N) is 1. The van der Waals surface area contributed by atoms with E-state index in [1.54, 1.807) is 20.3 Å². The molecular formula is C9H21NO4Si2. The molecule has 0 bridgehead atoms. The molecule has 0 radical (unpaired) electrons. The summed E-state index contributed by atoms with van der Waals surface area (Å²) in [5.74, 6) is 0. The first-order valence-electron chi connectivity index (χ1n) is 5.22. The fourth-order valence-corrected chi connectivity index (χ4v) is 7.46. The third-order valence-corrected chi connectivity index (χ3v) is 8.10. The van der Waals surface area contributed by atoms with E-state index in [-0.39, 0.29) is 5.67 Å². The zero-order chi connectivity index (χ0) is 12.8. The second kappa shape index (κ2) is 6.43. The van der Waals surface area contributed by atoms with Crippen LogP contribution in [0.2, 0.25) is 19.6 Å². The molecule has 5 nitrogen and oxygen atoms in total. The zero-order valence-electron chi connectivity index (χ0n) is 10.9. The summed E-state index contributed by atoms with van der Waals surface area (Å²) in [6.07, 6.45) is 2.20. The fraction of sp³-hybridized carbons (Fsp3) is 0.889. The second-order valence-corrected chi connectivity index (χ2v) is 12.1. The average Bonchev–Trinajstić information content (AvgIpc) is 2.21. The maximum Gasteiger partial charge on any atom is 0.516 e. The Kier molecular flexibility index (Phi) is 6.31. The molecule has 0 spiro atoms. The van der Waals surface area contributed by atoms with Crippen LogP contribution >= 0.6 is 0 Å². The molecule has 0 amide bonds. The van der Waals surface area contributed by atoms with Gasteiger partial charge in [0.2, 0.25) is 6.08 Å². The van der Waals surface area contributed by atoms with Gasteiger partial charge in [0.25, 0.3) is 0 Å². The predicted molar refractivity (Wildman–Crippen MR) is 66.4 cm³/mol. The van der Waals surface area contributed by atoms with Crippen molar-refractivity contribution >= 4 is 23.2 Å². The lowest BCUT2D eigenvalue weighted by atomic mass is 10.5. The number of rotatable bonds is 7. The van der Waals surface area contributed by atoms with Gasteiger partial charge in [-0.15, -0.1) is 0 Å². The molecule has 0 N–H and O–H groups in total. The Hall–Kier alpha value is -0.306. The van der Waals surface area contributed by atoms with E-state index >= 15 is 0 Å². The second-order valence-electron chi connectivity index (χ2n) is 4.37. The van der Waals surface area contributed by atoms with Gasteiger partial charge in [0.15, 0.2) is 8.32 Å². The minimum Gasteiger partial charge on any atom is -0.415 e. The Bertz CT molecular complexity index is 257. The van der Waals surface area contributed by atoms with Gasteiger partial charge < -0.3 is 13.0 Å². The largest absolute Gasteiger partial charge is 0.516 e. The van der Waals surface area contributed by atoms with Gasteiger partial charge in [-0.25, -0.2) is 4.79 Å². The van der Waals surface area contributed by atoms with Crippen molar-refractivity contribution in [2.24, 2.45) is 4.99 Å². The summed E-state index contributed by atoms with van der Waals surface area (Å²) in [5, 5.41) is 0. The van der Waals surface area contributed by atoms with Crippen LogP contribution in [0.4, 0.5) is 0 Å². The minimum absolute atomic E-state index is 0.369. The van der Waals surface area contributed by atoms with Crippen molar-refractivity contribution in [2.45, 2.75) is 38.7 Å². The highest BCUT2D eigenvalue weighted by Crippen LogP contribution is 2.23. The van der Waals surface area contributed by atoms with E-state index in [2.05, 4.69) is 4.99 Å². The van der Waals surface area contributed by atoms with E-state index in [1.807, 2.05) is 26.6 Å². The minimum atomic E-state index is -2.90. The van der Waals surface area contributed by atoms with Crippen LogP contribution in [0, 0.1) is 0 Å². The molecule has 0 aliphatic heterocycles. The van der Waals surface area contributed by atoms with Crippen molar-refractivity contribution < 1.29 is 17.8 Å². The highest BCUT2D eigenvalue weighted by atomic mass is 28.5. The Morgan fingerprint density at radius 1 is 1.25 bits per heavy atom. The average molecular weight is 263 g/mol. The summed E-state index contributed by atoms with van der Waals surface area (Å²) in [4.78, 5) is 14.1. The monoisotopic (exact) mass is 263 g/mol. The van der Waals surface area contributed by atoms with Crippen molar-refractivity contribution in [1.29, 1.82) is 0 Å². The number of isocyanates is 1. The Labute approximate surface area is 99.3 Å². The van der Waals surface area contributed by atoms with Gasteiger partial charge >= 0.3 is 8.80 Å². The molecule has 1 unspecified atom stereocenters. The molecule has 0 aromatic rings. The molecule has 0 aliphatic carbocycles. The maximum absolute atomic E-state index is 10.4. The topological polar surface area (TPSA) is 57.1 Å². The molecule has 0 heterocycles. The van der Waals surface area contributed by atoms with Crippen LogP contribution in [0.1, 0.15) is 13.3 Å². The Balaban J connectivity index is 5.12. The Morgan fingerprint density at radius 3 is 2.00 bits per heavy atom. The van der Waals surface area contributed by atoms with Crippen LogP contribution in [-0.4, -0.2) is 43.1 Å². The van der Waals surface area contributed by atoms with Crippen LogP contribution in [0.25, 0.3) is 0 Å². The molecule has 0 aromatic heterocycles. The lowest BCUT2D eigenvalue weighted by molar-refractivity contribution is 0.146. The van der Waals surface area contributed by atoms with E-state index in [4.69, 9.17) is 13.0 Å². The van der Waals surface area contributed by atoms with E-state index < -0.39 is 17.1 Å². The van der Waals surface area contributed by atoms with Crippen LogP contribution in [0.15, 0.2) is 4.99 Å². The molecule has 0 saturated heterocycles. The molecule has 16 heavy (non-hydrogen) atoms. The first-order valence-corrected chi connectivity index (χ1v) is 10.4. The van der Waals surface area contributed by atoms with Gasteiger partial charge in [0, 0.05) is 14.2 Å². The summed E-state index contributed by atoms with van der Waals surface area (Å²) in [6.45, 7) is 8.05. The molecule has 94 valence electrons. The predicted octanol–water partition coefficient (Wildman–Crippen LogP) is 1.72. The van der Waals surface area contributed by atoms with Crippen molar-refractivity contribution in [3.63, 3.8) is 0 Å². The SMILES string of the molecule is CCC(N=C=O)[Si](OC)(OC)O[Si](C)(C)C. The quantitative estimate of drug-likeness (QED) is 0.399. The first kappa shape index (κ1) is 15.7. The van der Waals surface area contributed by atoms with Crippen molar-refractivity contribution in [1.82, 2.24) is 0 Å². The zero-order valence-corrected chi connectivity index (χ0v) is 12.9. The third-order valence-electron chi connectivity index (χ3n) is 2.02. The van der Waals surface area contributed by atoms with Gasteiger partial charge in [-0.2, -0.15) is 4.99 Å². The lowest BCUT2D eigenvalue weighted by Gasteiger charge is -2.35. The molecule has 7 heteroatoms. The van der Waals surface area contributed by atoms with Gasteiger partial charge in [0.05, 0.1) is 0 Å². The number of carbonyl (C=O) groups excluding carboxylic acids is 1. The van der Waals surface area contributed by atoms with Crippen molar-refractivity contribution in [3.05, 3.63) is 0 Å². The van der Waals surface area contributed by atoms with Crippen LogP contribution < -0.4 is 0 Å². The van der Waals surface area contributed by atoms with Crippen molar-refractivity contribution in [3.8, 4) is 0 Å². The van der Waals surface area contributed by atoms with Gasteiger partial charge in [-0.3, -0.25) is 0 Å². The summed E-state index contributed by atoms with van der Waals surface area (Å²) >= 11 is 0. The van der Waals surface area contributed by atoms with Crippen molar-refractivity contribution in [2.75, 3.05) is 14.2 Å². The first-order chi connectivity index (χ1) is 7.35. The normalized spacial score (nSPS) is 14.4. The van der Waals surface area contributed by atoms with E-state index in [0.29, 0.717) is 6.42 Å². The molecular weight excluding hydrogens is 242 g/mol. The van der Waals surface area contributed by atoms with Crippen LogP contribution in [0.3, 0.4) is 0 Å². The van der Waals surface area contributed by atoms with Crippen LogP contribution in [-0.2, 0) is 17.8 Å². The number of aliphatic imine (C=N–C) groups is 1. The number of hydrogen-bond donors (Lipinski definition) is 0. The maximum atomic E-state index is 10.4. The lowest BCUT2D eigenvalue weighted by Crippen LogP contribution is -2.58. The molecule has 0 fully saturated rings. The van der Waals surface area contributed by atoms with Crippen LogP contribution in [0.5, 0.6) is 0 Å². The molecule has 0 aromatic carbocycles. The highest BCUT2D eigenvalue weighted by Gasteiger charge is 2.50. The van der Waals surface area contributed by atoms with Gasteiger partial charge in [-0.1, -0.05) is 6.92 Å². The van der Waals surface area contributed by atoms with Gasteiger partial charge in [-0.05, 0) is 26.1 Å². The van der Waals surface area contributed by atoms with E-state index in [9.17, 15) is 4.79 Å². The Morgan fingerprint density at radius 2 is 1.75 bits per heavy atom. The van der Waals surface area contributed by atoms with E-state index in [1.165, 1.54) is 0 Å². The summed E-state index contributed by atoms with van der Waals surface area (Å²) < 4.78 is 16.8. The standard InChI is InChI=1S/C9H21NO4Si2/c1-7-9(10-8-11)16(12-2,13-3)14-15(4,5)6/h9H,7H2,1-6H3. The summed E-state index contributed by atoms with van der Waals surface area (Å²) in [5.41, 5.74) is -0.369. The summed E-state index contributed by atoms with van der Waals surface area (Å²) in [6, 6.07) is 0.